The van der Waals surface area contributed by atoms with Crippen LogP contribution in [0.4, 0.5) is 0 Å². The van der Waals surface area contributed by atoms with Gasteiger partial charge in [0.1, 0.15) is 0 Å². The number of nitrogens with zero attached hydrogens (tertiary/aromatic N) is 2. The quantitative estimate of drug-likeness (QED) is 0.742. The highest BCUT2D eigenvalue weighted by atomic mass is 16.2. The van der Waals surface area contributed by atoms with E-state index in [4.69, 9.17) is 0 Å². The van der Waals surface area contributed by atoms with Gasteiger partial charge in [0.05, 0.1) is 0 Å². The number of hydrogen-bond donors (Lipinski definition) is 1. The van der Waals surface area contributed by atoms with Gasteiger partial charge in [0, 0.05) is 46.2 Å². The lowest BCUT2D eigenvalue weighted by molar-refractivity contribution is -0.129. The Labute approximate surface area is 112 Å². The Hall–Kier alpha value is -0.610. The van der Waals surface area contributed by atoms with Crippen LogP contribution in [0.3, 0.4) is 0 Å². The smallest absolute Gasteiger partial charge is 0.223 e. The number of carbonyl (C=O) groups excluding carboxylic acids is 1. The molecule has 1 N–H and O–H groups in total. The van der Waals surface area contributed by atoms with Crippen LogP contribution < -0.4 is 5.32 Å². The second-order valence-corrected chi connectivity index (χ2v) is 5.98. The zero-order valence-electron chi connectivity index (χ0n) is 12.4. The van der Waals surface area contributed by atoms with Crippen LogP contribution in [0, 0.1) is 5.92 Å². The average Bonchev–Trinajstić information content (AvgIpc) is 2.77. The first-order valence-electron chi connectivity index (χ1n) is 7.15. The van der Waals surface area contributed by atoms with Crippen molar-refractivity contribution in [2.75, 3.05) is 40.3 Å². The van der Waals surface area contributed by atoms with Crippen molar-refractivity contribution in [2.45, 2.75) is 39.2 Å². The van der Waals surface area contributed by atoms with E-state index in [1.54, 1.807) is 4.90 Å². The highest BCUT2D eigenvalue weighted by Crippen LogP contribution is 2.09. The molecule has 1 unspecified atom stereocenters. The van der Waals surface area contributed by atoms with Crippen molar-refractivity contribution in [3.8, 4) is 0 Å². The van der Waals surface area contributed by atoms with E-state index in [-0.39, 0.29) is 5.91 Å². The van der Waals surface area contributed by atoms with Gasteiger partial charge in [0.25, 0.3) is 0 Å². The van der Waals surface area contributed by atoms with Gasteiger partial charge in [0.2, 0.25) is 5.91 Å². The Bertz CT molecular complexity index is 247. The molecule has 1 saturated heterocycles. The van der Waals surface area contributed by atoms with Crippen LogP contribution in [0.2, 0.25) is 0 Å². The third-order valence-corrected chi connectivity index (χ3v) is 3.41. The molecule has 0 aromatic heterocycles. The summed E-state index contributed by atoms with van der Waals surface area (Å²) in [7, 11) is 3.65. The summed E-state index contributed by atoms with van der Waals surface area (Å²) in [5.74, 6) is 0.879. The topological polar surface area (TPSA) is 35.6 Å². The lowest BCUT2D eigenvalue weighted by atomic mass is 10.1. The number of nitrogens with one attached hydrogen (secondary N) is 1. The van der Waals surface area contributed by atoms with Crippen LogP contribution in [0.1, 0.15) is 33.1 Å². The van der Waals surface area contributed by atoms with Crippen LogP contribution in [0.25, 0.3) is 0 Å². The van der Waals surface area contributed by atoms with E-state index < -0.39 is 0 Å². The zero-order chi connectivity index (χ0) is 13.5. The summed E-state index contributed by atoms with van der Waals surface area (Å²) < 4.78 is 0. The van der Waals surface area contributed by atoms with E-state index >= 15 is 0 Å². The van der Waals surface area contributed by atoms with E-state index in [1.165, 1.54) is 12.8 Å². The molecule has 0 saturated carbocycles. The van der Waals surface area contributed by atoms with Gasteiger partial charge < -0.3 is 15.1 Å². The largest absolute Gasteiger partial charge is 0.349 e. The summed E-state index contributed by atoms with van der Waals surface area (Å²) in [6, 6.07) is 0.623. The van der Waals surface area contributed by atoms with Gasteiger partial charge >= 0.3 is 0 Å². The molecule has 0 aromatic carbocycles. The number of carbonyl (C=O) groups is 1. The van der Waals surface area contributed by atoms with Crippen LogP contribution >= 0.6 is 0 Å². The van der Waals surface area contributed by atoms with Crippen molar-refractivity contribution >= 4 is 5.91 Å². The van der Waals surface area contributed by atoms with Gasteiger partial charge in [-0.3, -0.25) is 4.79 Å². The van der Waals surface area contributed by atoms with Crippen molar-refractivity contribution in [2.24, 2.45) is 5.92 Å². The molecule has 1 heterocycles. The monoisotopic (exact) mass is 255 g/mol. The molecular weight excluding hydrogens is 226 g/mol. The van der Waals surface area contributed by atoms with E-state index in [2.05, 4.69) is 24.1 Å². The first kappa shape index (κ1) is 15.4. The SMILES string of the molecule is CC(C)CN(CCC(=O)N(C)C)CC1CCCN1. The zero-order valence-corrected chi connectivity index (χ0v) is 12.4. The normalized spacial score (nSPS) is 19.8. The molecule has 1 aliphatic rings. The van der Waals surface area contributed by atoms with Crippen LogP contribution in [0.5, 0.6) is 0 Å². The van der Waals surface area contributed by atoms with Crippen molar-refractivity contribution in [1.82, 2.24) is 15.1 Å². The average molecular weight is 255 g/mol. The molecule has 0 aliphatic carbocycles. The summed E-state index contributed by atoms with van der Waals surface area (Å²) in [6.07, 6.45) is 3.19. The fraction of sp³-hybridized carbons (Fsp3) is 0.929. The minimum absolute atomic E-state index is 0.225. The standard InChI is InChI=1S/C14H29N3O/c1-12(2)10-17(9-7-14(18)16(3)4)11-13-6-5-8-15-13/h12-13,15H,5-11H2,1-4H3. The van der Waals surface area contributed by atoms with E-state index in [0.717, 1.165) is 26.2 Å². The van der Waals surface area contributed by atoms with Crippen molar-refractivity contribution in [3.05, 3.63) is 0 Å². The maximum absolute atomic E-state index is 11.7. The Morgan fingerprint density at radius 3 is 2.61 bits per heavy atom. The number of hydrogen-bond acceptors (Lipinski definition) is 3. The van der Waals surface area contributed by atoms with Crippen molar-refractivity contribution < 1.29 is 4.79 Å². The summed E-state index contributed by atoms with van der Waals surface area (Å²) >= 11 is 0. The predicted molar refractivity (Wildman–Crippen MR) is 75.6 cm³/mol. The summed E-state index contributed by atoms with van der Waals surface area (Å²) in [5, 5.41) is 3.53. The molecule has 1 amide bonds. The van der Waals surface area contributed by atoms with Crippen LogP contribution in [0.15, 0.2) is 0 Å². The van der Waals surface area contributed by atoms with Gasteiger partial charge in [-0.1, -0.05) is 13.8 Å². The maximum Gasteiger partial charge on any atom is 0.223 e. The fourth-order valence-corrected chi connectivity index (χ4v) is 2.48. The molecule has 1 rings (SSSR count). The minimum atomic E-state index is 0.225. The van der Waals surface area contributed by atoms with Gasteiger partial charge in [0.15, 0.2) is 0 Å². The molecular formula is C14H29N3O. The van der Waals surface area contributed by atoms with Gasteiger partial charge in [-0.15, -0.1) is 0 Å². The van der Waals surface area contributed by atoms with Gasteiger partial charge in [-0.2, -0.15) is 0 Å². The summed E-state index contributed by atoms with van der Waals surface area (Å²) in [4.78, 5) is 15.8. The molecule has 0 radical (unpaired) electrons. The first-order valence-corrected chi connectivity index (χ1v) is 7.15. The molecule has 0 bridgehead atoms. The van der Waals surface area contributed by atoms with Crippen LogP contribution in [-0.2, 0) is 4.79 Å². The number of amides is 1. The second-order valence-electron chi connectivity index (χ2n) is 5.98. The molecule has 1 fully saturated rings. The second kappa shape index (κ2) is 7.74. The molecule has 1 aliphatic heterocycles. The highest BCUT2D eigenvalue weighted by Gasteiger charge is 2.19. The lowest BCUT2D eigenvalue weighted by Gasteiger charge is -2.27. The molecule has 0 spiro atoms. The number of rotatable bonds is 7. The third-order valence-electron chi connectivity index (χ3n) is 3.41. The third kappa shape index (κ3) is 5.83. The molecule has 18 heavy (non-hydrogen) atoms. The summed E-state index contributed by atoms with van der Waals surface area (Å²) in [5.41, 5.74) is 0. The van der Waals surface area contributed by atoms with E-state index in [0.29, 0.717) is 18.4 Å². The van der Waals surface area contributed by atoms with E-state index in [1.807, 2.05) is 14.1 Å². The Morgan fingerprint density at radius 2 is 2.11 bits per heavy atom. The maximum atomic E-state index is 11.7. The van der Waals surface area contributed by atoms with Gasteiger partial charge in [-0.05, 0) is 25.3 Å². The first-order chi connectivity index (χ1) is 8.49. The fourth-order valence-electron chi connectivity index (χ4n) is 2.48. The summed E-state index contributed by atoms with van der Waals surface area (Å²) in [6.45, 7) is 8.67. The molecule has 4 heteroatoms. The lowest BCUT2D eigenvalue weighted by Crippen LogP contribution is -2.41. The molecule has 106 valence electrons. The van der Waals surface area contributed by atoms with Crippen molar-refractivity contribution in [1.29, 1.82) is 0 Å². The minimum Gasteiger partial charge on any atom is -0.349 e. The Kier molecular flexibility index (Phi) is 6.65. The Morgan fingerprint density at radius 1 is 1.39 bits per heavy atom. The Balaban J connectivity index is 2.36. The van der Waals surface area contributed by atoms with Crippen LogP contribution in [-0.4, -0.2) is 62.0 Å². The van der Waals surface area contributed by atoms with Gasteiger partial charge in [-0.25, -0.2) is 0 Å². The molecule has 0 aromatic rings. The molecule has 4 nitrogen and oxygen atoms in total. The van der Waals surface area contributed by atoms with E-state index in [9.17, 15) is 4.79 Å². The van der Waals surface area contributed by atoms with Crippen molar-refractivity contribution in [3.63, 3.8) is 0 Å². The highest BCUT2D eigenvalue weighted by molar-refractivity contribution is 5.75. The predicted octanol–water partition coefficient (Wildman–Crippen LogP) is 1.17. The molecule has 1 atom stereocenters.